The molecule has 0 aliphatic carbocycles. The van der Waals surface area contributed by atoms with Crippen molar-refractivity contribution in [1.82, 2.24) is 4.57 Å². The lowest BCUT2D eigenvalue weighted by Crippen LogP contribution is -2.30. The molecule has 4 rings (SSSR count). The summed E-state index contributed by atoms with van der Waals surface area (Å²) in [6.45, 7) is 4.68. The highest BCUT2D eigenvalue weighted by Crippen LogP contribution is 2.29. The molecule has 1 aromatic heterocycles. The number of pyridine rings is 1. The molecular weight excluding hydrogens is 492 g/mol. The maximum atomic E-state index is 15.3. The summed E-state index contributed by atoms with van der Waals surface area (Å²) >= 11 is 5.86. The van der Waals surface area contributed by atoms with Gasteiger partial charge in [-0.3, -0.25) is 4.79 Å². The number of fused-ring (bicyclic) bond motifs is 1. The molecule has 1 aliphatic rings. The minimum Gasteiger partial charge on any atom is -0.477 e. The lowest BCUT2D eigenvalue weighted by atomic mass is 9.99. The molecule has 9 heteroatoms. The minimum atomic E-state index is -1.39. The van der Waals surface area contributed by atoms with Gasteiger partial charge in [-0.1, -0.05) is 37.6 Å². The number of benzene rings is 2. The van der Waals surface area contributed by atoms with Gasteiger partial charge in [0.05, 0.1) is 23.2 Å². The number of carboxylic acid groups (broad SMARTS) is 1. The summed E-state index contributed by atoms with van der Waals surface area (Å²) < 4.78 is 43.0. The summed E-state index contributed by atoms with van der Waals surface area (Å²) in [5.41, 5.74) is -0.710. The number of ether oxygens (including phenoxy) is 2. The smallest absolute Gasteiger partial charge is 0.341 e. The van der Waals surface area contributed by atoms with E-state index in [1.807, 2.05) is 13.8 Å². The number of carboxylic acids is 1. The zero-order valence-corrected chi connectivity index (χ0v) is 20.9. The van der Waals surface area contributed by atoms with Crippen LogP contribution in [-0.2, 0) is 15.9 Å². The van der Waals surface area contributed by atoms with Crippen LogP contribution in [0.1, 0.15) is 60.6 Å². The van der Waals surface area contributed by atoms with Gasteiger partial charge in [0.15, 0.2) is 6.29 Å². The summed E-state index contributed by atoms with van der Waals surface area (Å²) in [5.74, 6) is -2.74. The molecule has 0 saturated carbocycles. The third kappa shape index (κ3) is 5.45. The molecule has 2 heterocycles. The van der Waals surface area contributed by atoms with Crippen molar-refractivity contribution in [2.24, 2.45) is 5.92 Å². The number of nitrogens with zero attached hydrogens (tertiary/aromatic N) is 1. The summed E-state index contributed by atoms with van der Waals surface area (Å²) in [6.07, 6.45) is 3.45. The standard InChI is InChI=1S/C27H28ClF2NO5/c1-15(2)23(14-36-24-8-3-4-9-35-24)31-13-19(27(33)34)26(32)18-11-17(21(29)12-22(18)31)10-16-6-5-7-20(28)25(16)30/h5-7,11-13,15,23-24H,3-4,8-10,14H2,1-2H3,(H,33,34). The van der Waals surface area contributed by atoms with E-state index in [4.69, 9.17) is 21.1 Å². The largest absolute Gasteiger partial charge is 0.477 e. The second kappa shape index (κ2) is 11.1. The minimum absolute atomic E-state index is 0.0355. The third-order valence-corrected chi connectivity index (χ3v) is 6.85. The average molecular weight is 520 g/mol. The van der Waals surface area contributed by atoms with E-state index < -0.39 is 34.6 Å². The number of carbonyl (C=O) groups is 1. The van der Waals surface area contributed by atoms with Crippen molar-refractivity contribution in [3.63, 3.8) is 0 Å². The second-order valence-corrected chi connectivity index (χ2v) is 9.78. The Morgan fingerprint density at radius 2 is 2.03 bits per heavy atom. The Labute approximate surface area is 212 Å². The zero-order valence-electron chi connectivity index (χ0n) is 20.1. The molecule has 36 heavy (non-hydrogen) atoms. The maximum absolute atomic E-state index is 15.3. The second-order valence-electron chi connectivity index (χ2n) is 9.38. The van der Waals surface area contributed by atoms with Crippen LogP contribution < -0.4 is 5.43 Å². The fourth-order valence-electron chi connectivity index (χ4n) is 4.51. The topological polar surface area (TPSA) is 77.8 Å². The first-order valence-corrected chi connectivity index (χ1v) is 12.3. The highest BCUT2D eigenvalue weighted by atomic mass is 35.5. The van der Waals surface area contributed by atoms with Gasteiger partial charge in [0.2, 0.25) is 5.43 Å². The molecular formula is C27H28ClF2NO5. The SMILES string of the molecule is CC(C)C(COC1CCCCO1)n1cc(C(=O)O)c(=O)c2cc(Cc3cccc(Cl)c3F)c(F)cc21. The van der Waals surface area contributed by atoms with Crippen LogP contribution in [0.2, 0.25) is 5.02 Å². The van der Waals surface area contributed by atoms with E-state index in [1.54, 1.807) is 10.6 Å². The Balaban J connectivity index is 1.81. The van der Waals surface area contributed by atoms with Crippen LogP contribution in [0.25, 0.3) is 10.9 Å². The van der Waals surface area contributed by atoms with Gasteiger partial charge in [0, 0.05) is 24.6 Å². The van der Waals surface area contributed by atoms with Crippen molar-refractivity contribution in [3.05, 3.63) is 80.1 Å². The first kappa shape index (κ1) is 26.3. The molecule has 0 spiro atoms. The molecule has 2 unspecified atom stereocenters. The van der Waals surface area contributed by atoms with Gasteiger partial charge < -0.3 is 19.1 Å². The van der Waals surface area contributed by atoms with E-state index >= 15 is 4.39 Å². The van der Waals surface area contributed by atoms with E-state index in [-0.39, 0.29) is 52.3 Å². The number of halogens is 3. The molecule has 2 aromatic carbocycles. The maximum Gasteiger partial charge on any atom is 0.341 e. The monoisotopic (exact) mass is 519 g/mol. The van der Waals surface area contributed by atoms with Crippen molar-refractivity contribution in [1.29, 1.82) is 0 Å². The number of rotatable bonds is 8. The molecule has 1 aliphatic heterocycles. The Morgan fingerprint density at radius 3 is 2.69 bits per heavy atom. The quantitative estimate of drug-likeness (QED) is 0.397. The van der Waals surface area contributed by atoms with Crippen LogP contribution in [0.3, 0.4) is 0 Å². The molecule has 1 N–H and O–H groups in total. The summed E-state index contributed by atoms with van der Waals surface area (Å²) in [6, 6.07) is 6.54. The van der Waals surface area contributed by atoms with Crippen LogP contribution in [0.5, 0.6) is 0 Å². The highest BCUT2D eigenvalue weighted by molar-refractivity contribution is 6.30. The molecule has 0 bridgehead atoms. The van der Waals surface area contributed by atoms with Gasteiger partial charge in [-0.15, -0.1) is 0 Å². The van der Waals surface area contributed by atoms with Gasteiger partial charge in [0.25, 0.3) is 0 Å². The third-order valence-electron chi connectivity index (χ3n) is 6.56. The van der Waals surface area contributed by atoms with Crippen molar-refractivity contribution >= 4 is 28.5 Å². The fourth-order valence-corrected chi connectivity index (χ4v) is 4.70. The first-order chi connectivity index (χ1) is 17.2. The van der Waals surface area contributed by atoms with Crippen molar-refractivity contribution < 1.29 is 28.2 Å². The van der Waals surface area contributed by atoms with Gasteiger partial charge in [0.1, 0.15) is 17.2 Å². The molecule has 1 fully saturated rings. The van der Waals surface area contributed by atoms with Gasteiger partial charge in [-0.05, 0) is 54.5 Å². The van der Waals surface area contributed by atoms with Gasteiger partial charge in [-0.2, -0.15) is 0 Å². The zero-order chi connectivity index (χ0) is 26.0. The average Bonchev–Trinajstić information content (AvgIpc) is 2.84. The van der Waals surface area contributed by atoms with E-state index in [1.165, 1.54) is 30.5 Å². The van der Waals surface area contributed by atoms with Crippen LogP contribution >= 0.6 is 11.6 Å². The van der Waals surface area contributed by atoms with E-state index in [0.717, 1.165) is 19.3 Å². The molecule has 2 atom stereocenters. The van der Waals surface area contributed by atoms with E-state index in [0.29, 0.717) is 6.61 Å². The molecule has 192 valence electrons. The van der Waals surface area contributed by atoms with E-state index in [9.17, 15) is 19.1 Å². The van der Waals surface area contributed by atoms with E-state index in [2.05, 4.69) is 0 Å². The first-order valence-electron chi connectivity index (χ1n) is 11.9. The van der Waals surface area contributed by atoms with Crippen molar-refractivity contribution in [3.8, 4) is 0 Å². The Bertz CT molecular complexity index is 1330. The van der Waals surface area contributed by atoms with Crippen molar-refractivity contribution in [2.45, 2.75) is 51.9 Å². The number of aromatic nitrogens is 1. The van der Waals surface area contributed by atoms with Crippen LogP contribution in [0.15, 0.2) is 41.3 Å². The predicted octanol–water partition coefficient (Wildman–Crippen LogP) is 5.96. The summed E-state index contributed by atoms with van der Waals surface area (Å²) in [7, 11) is 0. The summed E-state index contributed by atoms with van der Waals surface area (Å²) in [4.78, 5) is 25.0. The Kier molecular flexibility index (Phi) is 8.07. The Morgan fingerprint density at radius 1 is 1.25 bits per heavy atom. The van der Waals surface area contributed by atoms with Crippen LogP contribution in [0, 0.1) is 17.6 Å². The number of aromatic carboxylic acids is 1. The molecule has 6 nitrogen and oxygen atoms in total. The summed E-state index contributed by atoms with van der Waals surface area (Å²) in [5, 5.41) is 9.67. The number of hydrogen-bond acceptors (Lipinski definition) is 4. The van der Waals surface area contributed by atoms with Crippen LogP contribution in [-0.4, -0.2) is 35.1 Å². The van der Waals surface area contributed by atoms with Crippen molar-refractivity contribution in [2.75, 3.05) is 13.2 Å². The lowest BCUT2D eigenvalue weighted by Gasteiger charge is -2.30. The fraction of sp³-hybridized carbons (Fsp3) is 0.407. The number of hydrogen-bond donors (Lipinski definition) is 1. The van der Waals surface area contributed by atoms with Gasteiger partial charge >= 0.3 is 5.97 Å². The molecule has 3 aromatic rings. The highest BCUT2D eigenvalue weighted by Gasteiger charge is 2.25. The molecule has 0 amide bonds. The molecule has 1 saturated heterocycles. The predicted molar refractivity (Wildman–Crippen MR) is 133 cm³/mol. The Hall–Kier alpha value is -2.81. The normalized spacial score (nSPS) is 17.0. The lowest BCUT2D eigenvalue weighted by molar-refractivity contribution is -0.169. The molecule has 0 radical (unpaired) electrons. The van der Waals surface area contributed by atoms with Gasteiger partial charge in [-0.25, -0.2) is 13.6 Å². The van der Waals surface area contributed by atoms with Crippen LogP contribution in [0.4, 0.5) is 8.78 Å².